The first-order valence-corrected chi connectivity index (χ1v) is 7.32. The lowest BCUT2D eigenvalue weighted by atomic mass is 9.92. The lowest BCUT2D eigenvalue weighted by Gasteiger charge is -2.27. The number of nitrogens with one attached hydrogen (secondary N) is 1. The molecule has 21 heavy (non-hydrogen) atoms. The molecule has 0 radical (unpaired) electrons. The summed E-state index contributed by atoms with van der Waals surface area (Å²) in [5.41, 5.74) is 7.39. The van der Waals surface area contributed by atoms with Gasteiger partial charge in [-0.2, -0.15) is 4.39 Å². The number of hydrogen-bond donors (Lipinski definition) is 2. The molecule has 2 heterocycles. The Hall–Kier alpha value is -2.01. The van der Waals surface area contributed by atoms with Gasteiger partial charge in [-0.15, -0.1) is 0 Å². The molecule has 0 aliphatic heterocycles. The summed E-state index contributed by atoms with van der Waals surface area (Å²) in [6.45, 7) is 0. The molecular formula is C16H19FN4. The fourth-order valence-corrected chi connectivity index (χ4v) is 2.71. The van der Waals surface area contributed by atoms with Crippen molar-refractivity contribution in [1.82, 2.24) is 9.97 Å². The van der Waals surface area contributed by atoms with Crippen LogP contribution in [0.1, 0.15) is 25.7 Å². The van der Waals surface area contributed by atoms with Crippen LogP contribution >= 0.6 is 0 Å². The molecule has 1 aliphatic carbocycles. The molecule has 1 aliphatic rings. The molecule has 1 saturated carbocycles. The van der Waals surface area contributed by atoms with E-state index in [4.69, 9.17) is 5.73 Å². The van der Waals surface area contributed by atoms with Crippen molar-refractivity contribution in [3.8, 4) is 11.3 Å². The summed E-state index contributed by atoms with van der Waals surface area (Å²) in [6, 6.07) is 9.29. The second-order valence-electron chi connectivity index (χ2n) is 5.53. The summed E-state index contributed by atoms with van der Waals surface area (Å²) in [6.07, 6.45) is 5.93. The van der Waals surface area contributed by atoms with E-state index in [2.05, 4.69) is 15.3 Å². The number of anilines is 1. The van der Waals surface area contributed by atoms with Crippen molar-refractivity contribution in [3.05, 3.63) is 42.5 Å². The number of rotatable bonds is 3. The normalized spacial score (nSPS) is 22.0. The third-order valence-electron chi connectivity index (χ3n) is 3.89. The Morgan fingerprint density at radius 2 is 1.95 bits per heavy atom. The van der Waals surface area contributed by atoms with Crippen LogP contribution in [0.5, 0.6) is 0 Å². The van der Waals surface area contributed by atoms with Gasteiger partial charge in [0.15, 0.2) is 0 Å². The Kier molecular flexibility index (Phi) is 4.10. The number of nitrogens with zero attached hydrogens (tertiary/aromatic N) is 2. The fraction of sp³-hybridized carbons (Fsp3) is 0.375. The minimum atomic E-state index is -0.472. The lowest BCUT2D eigenvalue weighted by Crippen LogP contribution is -2.32. The van der Waals surface area contributed by atoms with Gasteiger partial charge in [-0.25, -0.2) is 9.97 Å². The van der Waals surface area contributed by atoms with Crippen LogP contribution in [0.2, 0.25) is 0 Å². The highest BCUT2D eigenvalue weighted by atomic mass is 19.1. The summed E-state index contributed by atoms with van der Waals surface area (Å²) in [4.78, 5) is 8.24. The van der Waals surface area contributed by atoms with Gasteiger partial charge in [0, 0.05) is 23.8 Å². The van der Waals surface area contributed by atoms with Crippen molar-refractivity contribution in [2.45, 2.75) is 37.8 Å². The smallest absolute Gasteiger partial charge is 0.213 e. The highest BCUT2D eigenvalue weighted by molar-refractivity contribution is 5.62. The molecule has 0 atom stereocenters. The molecule has 5 heteroatoms. The van der Waals surface area contributed by atoms with Gasteiger partial charge >= 0.3 is 0 Å². The van der Waals surface area contributed by atoms with Crippen molar-refractivity contribution in [1.29, 1.82) is 0 Å². The number of nitrogens with two attached hydrogens (primary N) is 1. The van der Waals surface area contributed by atoms with Crippen LogP contribution in [0.4, 0.5) is 10.2 Å². The number of pyridine rings is 2. The maximum absolute atomic E-state index is 13.2. The number of hydrogen-bond acceptors (Lipinski definition) is 4. The molecule has 0 aromatic carbocycles. The predicted molar refractivity (Wildman–Crippen MR) is 81.3 cm³/mol. The first-order valence-electron chi connectivity index (χ1n) is 7.32. The Morgan fingerprint density at radius 3 is 2.71 bits per heavy atom. The van der Waals surface area contributed by atoms with Crippen LogP contribution in [0.25, 0.3) is 11.3 Å². The van der Waals surface area contributed by atoms with Gasteiger partial charge in [0.1, 0.15) is 5.82 Å². The van der Waals surface area contributed by atoms with E-state index in [0.29, 0.717) is 17.8 Å². The monoisotopic (exact) mass is 286 g/mol. The van der Waals surface area contributed by atoms with E-state index in [1.165, 1.54) is 6.07 Å². The van der Waals surface area contributed by atoms with E-state index in [9.17, 15) is 4.39 Å². The van der Waals surface area contributed by atoms with E-state index in [1.54, 1.807) is 18.3 Å². The van der Waals surface area contributed by atoms with Gasteiger partial charge in [-0.3, -0.25) is 0 Å². The summed E-state index contributed by atoms with van der Waals surface area (Å²) >= 11 is 0. The molecule has 4 nitrogen and oxygen atoms in total. The molecule has 2 aromatic rings. The molecule has 0 unspecified atom stereocenters. The lowest BCUT2D eigenvalue weighted by molar-refractivity contribution is 0.410. The molecular weight excluding hydrogens is 267 g/mol. The van der Waals surface area contributed by atoms with Crippen LogP contribution in [0.3, 0.4) is 0 Å². The van der Waals surface area contributed by atoms with Gasteiger partial charge in [0.2, 0.25) is 5.95 Å². The molecule has 0 amide bonds. The maximum atomic E-state index is 13.2. The van der Waals surface area contributed by atoms with Gasteiger partial charge in [0.25, 0.3) is 0 Å². The molecule has 1 fully saturated rings. The average molecular weight is 286 g/mol. The van der Waals surface area contributed by atoms with Crippen molar-refractivity contribution >= 4 is 5.82 Å². The first kappa shape index (κ1) is 13.9. The Labute approximate surface area is 123 Å². The molecule has 0 spiro atoms. The fourth-order valence-electron chi connectivity index (χ4n) is 2.71. The molecule has 3 N–H and O–H groups in total. The van der Waals surface area contributed by atoms with Crippen LogP contribution in [0, 0.1) is 5.95 Å². The number of halogens is 1. The molecule has 0 bridgehead atoms. The standard InChI is InChI=1S/C16H19FN4/c17-15-3-1-2-14(21-15)11-8-9-19-16(10-11)20-13-6-4-12(18)5-7-13/h1-3,8-10,12-13H,4-7,18H2,(H,19,20). The van der Waals surface area contributed by atoms with Gasteiger partial charge < -0.3 is 11.1 Å². The van der Waals surface area contributed by atoms with E-state index in [-0.39, 0.29) is 0 Å². The Balaban J connectivity index is 1.74. The van der Waals surface area contributed by atoms with E-state index >= 15 is 0 Å². The van der Waals surface area contributed by atoms with Crippen LogP contribution in [-0.2, 0) is 0 Å². The van der Waals surface area contributed by atoms with Gasteiger partial charge in [0.05, 0.1) is 5.69 Å². The Bertz CT molecular complexity index is 609. The summed E-state index contributed by atoms with van der Waals surface area (Å²) < 4.78 is 13.2. The average Bonchev–Trinajstić information content (AvgIpc) is 2.50. The maximum Gasteiger partial charge on any atom is 0.213 e. The van der Waals surface area contributed by atoms with Crippen molar-refractivity contribution in [2.24, 2.45) is 5.73 Å². The van der Waals surface area contributed by atoms with E-state index in [0.717, 1.165) is 37.1 Å². The topological polar surface area (TPSA) is 63.8 Å². The first-order chi connectivity index (χ1) is 10.2. The molecule has 3 rings (SSSR count). The third kappa shape index (κ3) is 3.55. The zero-order chi connectivity index (χ0) is 14.7. The van der Waals surface area contributed by atoms with Crippen LogP contribution < -0.4 is 11.1 Å². The van der Waals surface area contributed by atoms with Crippen molar-refractivity contribution in [3.63, 3.8) is 0 Å². The second kappa shape index (κ2) is 6.18. The van der Waals surface area contributed by atoms with Crippen molar-refractivity contribution in [2.75, 3.05) is 5.32 Å². The molecule has 2 aromatic heterocycles. The minimum Gasteiger partial charge on any atom is -0.367 e. The highest BCUT2D eigenvalue weighted by Crippen LogP contribution is 2.23. The predicted octanol–water partition coefficient (Wildman–Crippen LogP) is 2.96. The Morgan fingerprint density at radius 1 is 1.14 bits per heavy atom. The van der Waals surface area contributed by atoms with Crippen molar-refractivity contribution < 1.29 is 4.39 Å². The van der Waals surface area contributed by atoms with E-state index < -0.39 is 5.95 Å². The summed E-state index contributed by atoms with van der Waals surface area (Å²) in [5, 5.41) is 3.44. The van der Waals surface area contributed by atoms with E-state index in [1.807, 2.05) is 12.1 Å². The largest absolute Gasteiger partial charge is 0.367 e. The van der Waals surface area contributed by atoms with Gasteiger partial charge in [-0.05, 0) is 49.9 Å². The second-order valence-corrected chi connectivity index (χ2v) is 5.53. The summed E-state index contributed by atoms with van der Waals surface area (Å²) in [5.74, 6) is 0.333. The zero-order valence-corrected chi connectivity index (χ0v) is 11.8. The van der Waals surface area contributed by atoms with Gasteiger partial charge in [-0.1, -0.05) is 6.07 Å². The summed E-state index contributed by atoms with van der Waals surface area (Å²) in [7, 11) is 0. The third-order valence-corrected chi connectivity index (χ3v) is 3.89. The highest BCUT2D eigenvalue weighted by Gasteiger charge is 2.18. The van der Waals surface area contributed by atoms with Crippen LogP contribution in [-0.4, -0.2) is 22.1 Å². The minimum absolute atomic E-state index is 0.332. The molecule has 110 valence electrons. The molecule has 0 saturated heterocycles. The van der Waals surface area contributed by atoms with Crippen LogP contribution in [0.15, 0.2) is 36.5 Å². The number of aromatic nitrogens is 2. The SMILES string of the molecule is NC1CCC(Nc2cc(-c3cccc(F)n3)ccn2)CC1. The quantitative estimate of drug-likeness (QED) is 0.851. The zero-order valence-electron chi connectivity index (χ0n) is 11.8.